The van der Waals surface area contributed by atoms with Gasteiger partial charge in [0.15, 0.2) is 0 Å². The summed E-state index contributed by atoms with van der Waals surface area (Å²) in [5.41, 5.74) is 0. The maximum absolute atomic E-state index is 11.9. The Kier molecular flexibility index (Phi) is 29.8. The van der Waals surface area contributed by atoms with Crippen molar-refractivity contribution in [3.05, 3.63) is 12.2 Å². The van der Waals surface area contributed by atoms with Gasteiger partial charge in [0.1, 0.15) is 0 Å². The molecule has 0 rings (SSSR count). The van der Waals surface area contributed by atoms with Crippen LogP contribution in [0.15, 0.2) is 12.2 Å². The molecule has 36 heavy (non-hydrogen) atoms. The van der Waals surface area contributed by atoms with Crippen LogP contribution in [0.2, 0.25) is 0 Å². The van der Waals surface area contributed by atoms with Gasteiger partial charge >= 0.3 is 5.97 Å². The predicted octanol–water partition coefficient (Wildman–Crippen LogP) is 11.9. The summed E-state index contributed by atoms with van der Waals surface area (Å²) in [5, 5.41) is 0. The highest BCUT2D eigenvalue weighted by Crippen LogP contribution is 2.15. The van der Waals surface area contributed by atoms with E-state index in [9.17, 15) is 4.79 Å². The molecule has 0 saturated carbocycles. The van der Waals surface area contributed by atoms with Crippen molar-refractivity contribution in [2.75, 3.05) is 6.61 Å². The number of ether oxygens (including phenoxy) is 1. The molecule has 0 saturated heterocycles. The Balaban J connectivity index is 3.17. The van der Waals surface area contributed by atoms with Crippen LogP contribution in [0.3, 0.4) is 0 Å². The minimum absolute atomic E-state index is 0.0139. The highest BCUT2D eigenvalue weighted by molar-refractivity contribution is 5.69. The first kappa shape index (κ1) is 35.2. The Morgan fingerprint density at radius 1 is 0.556 bits per heavy atom. The zero-order chi connectivity index (χ0) is 26.4. The minimum Gasteiger partial charge on any atom is -0.466 e. The lowest BCUT2D eigenvalue weighted by molar-refractivity contribution is -0.143. The zero-order valence-corrected chi connectivity index (χ0v) is 25.1. The van der Waals surface area contributed by atoms with E-state index in [0.29, 0.717) is 13.0 Å². The molecule has 0 aliphatic rings. The lowest BCUT2D eigenvalue weighted by atomic mass is 10.0. The molecule has 0 heterocycles. The zero-order valence-electron chi connectivity index (χ0n) is 25.1. The Morgan fingerprint density at radius 2 is 0.972 bits per heavy atom. The first-order valence-electron chi connectivity index (χ1n) is 16.5. The maximum atomic E-state index is 11.9. The molecule has 0 aliphatic heterocycles. The number of carbonyl (C=O) groups is 1. The van der Waals surface area contributed by atoms with E-state index < -0.39 is 0 Å². The minimum atomic E-state index is 0.0139. The standard InChI is InChI=1S/C34H66O2/c1-4-5-6-7-8-9-15-19-22-25-28-31-34(35)36-32-29-26-23-20-17-14-12-10-11-13-16-18-21-24-27-30-33(2)3/h7-8,33H,4-6,9-32H2,1-3H3/b8-7-. The van der Waals surface area contributed by atoms with E-state index in [0.717, 1.165) is 25.2 Å². The molecule has 0 unspecified atom stereocenters. The topological polar surface area (TPSA) is 26.3 Å². The Hall–Kier alpha value is -0.790. The summed E-state index contributed by atoms with van der Waals surface area (Å²) in [7, 11) is 0. The van der Waals surface area contributed by atoms with Gasteiger partial charge in [-0.05, 0) is 38.0 Å². The van der Waals surface area contributed by atoms with Crippen molar-refractivity contribution in [3.8, 4) is 0 Å². The third kappa shape index (κ3) is 31.2. The fraction of sp³-hybridized carbons (Fsp3) is 0.912. The van der Waals surface area contributed by atoms with Gasteiger partial charge in [0.2, 0.25) is 0 Å². The summed E-state index contributed by atoms with van der Waals surface area (Å²) >= 11 is 0. The van der Waals surface area contributed by atoms with E-state index in [4.69, 9.17) is 4.74 Å². The van der Waals surface area contributed by atoms with Crippen molar-refractivity contribution >= 4 is 5.97 Å². The lowest BCUT2D eigenvalue weighted by Gasteiger charge is -2.06. The van der Waals surface area contributed by atoms with Gasteiger partial charge in [-0.25, -0.2) is 0 Å². The average Bonchev–Trinajstić information content (AvgIpc) is 2.86. The monoisotopic (exact) mass is 507 g/mol. The quantitative estimate of drug-likeness (QED) is 0.0572. The number of carbonyl (C=O) groups excluding carboxylic acids is 1. The highest BCUT2D eigenvalue weighted by Gasteiger charge is 2.02. The van der Waals surface area contributed by atoms with Gasteiger partial charge in [0.05, 0.1) is 6.61 Å². The third-order valence-electron chi connectivity index (χ3n) is 7.33. The highest BCUT2D eigenvalue weighted by atomic mass is 16.5. The number of hydrogen-bond acceptors (Lipinski definition) is 2. The number of unbranched alkanes of at least 4 members (excludes halogenated alkanes) is 21. The van der Waals surface area contributed by atoms with Crippen LogP contribution in [0.5, 0.6) is 0 Å². The summed E-state index contributed by atoms with van der Waals surface area (Å²) < 4.78 is 5.41. The van der Waals surface area contributed by atoms with Crippen molar-refractivity contribution < 1.29 is 9.53 Å². The van der Waals surface area contributed by atoms with Gasteiger partial charge in [-0.15, -0.1) is 0 Å². The maximum Gasteiger partial charge on any atom is 0.305 e. The summed E-state index contributed by atoms with van der Waals surface area (Å²) in [6.07, 6.45) is 38.3. The Labute approximate surface area is 227 Å². The molecule has 214 valence electrons. The Bertz CT molecular complexity index is 454. The number of esters is 1. The van der Waals surface area contributed by atoms with Crippen molar-refractivity contribution in [1.82, 2.24) is 0 Å². The molecular weight excluding hydrogens is 440 g/mol. The lowest BCUT2D eigenvalue weighted by Crippen LogP contribution is -2.05. The fourth-order valence-corrected chi connectivity index (χ4v) is 4.83. The first-order valence-corrected chi connectivity index (χ1v) is 16.5. The molecule has 0 atom stereocenters. The van der Waals surface area contributed by atoms with E-state index in [1.807, 2.05) is 0 Å². The van der Waals surface area contributed by atoms with Gasteiger partial charge in [-0.1, -0.05) is 161 Å². The van der Waals surface area contributed by atoms with E-state index in [1.54, 1.807) is 0 Å². The fourth-order valence-electron chi connectivity index (χ4n) is 4.83. The molecule has 0 aromatic heterocycles. The smallest absolute Gasteiger partial charge is 0.305 e. The van der Waals surface area contributed by atoms with Crippen molar-refractivity contribution in [2.24, 2.45) is 5.92 Å². The van der Waals surface area contributed by atoms with Crippen LogP contribution < -0.4 is 0 Å². The van der Waals surface area contributed by atoms with E-state index in [-0.39, 0.29) is 5.97 Å². The normalized spacial score (nSPS) is 11.7. The molecule has 0 fully saturated rings. The van der Waals surface area contributed by atoms with Gasteiger partial charge in [-0.2, -0.15) is 0 Å². The second kappa shape index (κ2) is 30.4. The molecule has 0 aromatic rings. The summed E-state index contributed by atoms with van der Waals surface area (Å²) in [6.45, 7) is 7.53. The molecule has 0 aliphatic carbocycles. The molecule has 0 amide bonds. The summed E-state index contributed by atoms with van der Waals surface area (Å²) in [4.78, 5) is 11.9. The molecule has 2 nitrogen and oxygen atoms in total. The van der Waals surface area contributed by atoms with Crippen LogP contribution in [0.4, 0.5) is 0 Å². The molecule has 0 N–H and O–H groups in total. The molecule has 2 heteroatoms. The van der Waals surface area contributed by atoms with Crippen molar-refractivity contribution in [1.29, 1.82) is 0 Å². The van der Waals surface area contributed by atoms with Crippen LogP contribution in [0.25, 0.3) is 0 Å². The van der Waals surface area contributed by atoms with Crippen LogP contribution in [-0.4, -0.2) is 12.6 Å². The third-order valence-corrected chi connectivity index (χ3v) is 7.33. The molecule has 0 radical (unpaired) electrons. The summed E-state index contributed by atoms with van der Waals surface area (Å²) in [6, 6.07) is 0. The summed E-state index contributed by atoms with van der Waals surface area (Å²) in [5.74, 6) is 0.891. The van der Waals surface area contributed by atoms with Crippen LogP contribution >= 0.6 is 0 Å². The average molecular weight is 507 g/mol. The van der Waals surface area contributed by atoms with Crippen LogP contribution in [-0.2, 0) is 9.53 Å². The van der Waals surface area contributed by atoms with Crippen LogP contribution in [0, 0.1) is 5.92 Å². The van der Waals surface area contributed by atoms with E-state index >= 15 is 0 Å². The van der Waals surface area contributed by atoms with Gasteiger partial charge in [0, 0.05) is 6.42 Å². The van der Waals surface area contributed by atoms with Crippen molar-refractivity contribution in [2.45, 2.75) is 188 Å². The molecule has 0 bridgehead atoms. The Morgan fingerprint density at radius 3 is 1.47 bits per heavy atom. The number of allylic oxidation sites excluding steroid dienone is 2. The molecule has 0 aromatic carbocycles. The van der Waals surface area contributed by atoms with Gasteiger partial charge in [0.25, 0.3) is 0 Å². The van der Waals surface area contributed by atoms with E-state index in [2.05, 4.69) is 32.9 Å². The number of rotatable bonds is 29. The predicted molar refractivity (Wildman–Crippen MR) is 161 cm³/mol. The van der Waals surface area contributed by atoms with Gasteiger partial charge in [-0.3, -0.25) is 4.79 Å². The second-order valence-electron chi connectivity index (χ2n) is 11.6. The van der Waals surface area contributed by atoms with Crippen LogP contribution in [0.1, 0.15) is 188 Å². The number of hydrogen-bond donors (Lipinski definition) is 0. The van der Waals surface area contributed by atoms with E-state index in [1.165, 1.54) is 141 Å². The second-order valence-corrected chi connectivity index (χ2v) is 11.6. The largest absolute Gasteiger partial charge is 0.466 e. The molecule has 0 spiro atoms. The first-order chi connectivity index (χ1) is 17.7. The van der Waals surface area contributed by atoms with Crippen molar-refractivity contribution in [3.63, 3.8) is 0 Å². The molecular formula is C34H66O2. The SMILES string of the molecule is CCCC/C=C\CCCCCCCC(=O)OCCCCCCCCCCCCCCCCCC(C)C. The van der Waals surface area contributed by atoms with Gasteiger partial charge < -0.3 is 4.74 Å².